The summed E-state index contributed by atoms with van der Waals surface area (Å²) in [6.45, 7) is 0.0261. The van der Waals surface area contributed by atoms with E-state index in [2.05, 4.69) is 20.6 Å². The molecule has 0 aliphatic heterocycles. The first-order valence-corrected chi connectivity index (χ1v) is 5.29. The third kappa shape index (κ3) is 4.10. The van der Waals surface area contributed by atoms with Crippen molar-refractivity contribution in [2.75, 3.05) is 30.8 Å². The van der Waals surface area contributed by atoms with Gasteiger partial charge in [-0.1, -0.05) is 6.92 Å². The van der Waals surface area contributed by atoms with E-state index in [-0.39, 0.29) is 0 Å². The lowest BCUT2D eigenvalue weighted by Gasteiger charge is -2.15. The molecule has 0 aromatic carbocycles. The molecule has 7 heteroatoms. The van der Waals surface area contributed by atoms with Crippen LogP contribution in [-0.2, 0) is 6.42 Å². The molecule has 0 bridgehead atoms. The molecule has 0 fully saturated rings. The third-order valence-electron chi connectivity index (χ3n) is 2.10. The highest BCUT2D eigenvalue weighted by molar-refractivity contribution is 5.47. The summed E-state index contributed by atoms with van der Waals surface area (Å²) in [5.74, 6) is -1.72. The quantitative estimate of drug-likeness (QED) is 0.701. The topological polar surface area (TPSA) is 70.1 Å². The highest BCUT2D eigenvalue weighted by atomic mass is 19.3. The van der Waals surface area contributed by atoms with E-state index in [9.17, 15) is 8.78 Å². The number of alkyl halides is 2. The maximum Gasteiger partial charge on any atom is 0.287 e. The minimum Gasteiger partial charge on any atom is -0.390 e. The number of nitrogens with one attached hydrogen (secondary N) is 2. The van der Waals surface area contributed by atoms with Crippen molar-refractivity contribution in [1.82, 2.24) is 9.97 Å². The average molecular weight is 246 g/mol. The van der Waals surface area contributed by atoms with Crippen molar-refractivity contribution in [1.29, 1.82) is 0 Å². The van der Waals surface area contributed by atoms with Gasteiger partial charge in [-0.2, -0.15) is 0 Å². The van der Waals surface area contributed by atoms with Crippen LogP contribution in [-0.4, -0.2) is 41.2 Å². The van der Waals surface area contributed by atoms with Crippen molar-refractivity contribution in [2.24, 2.45) is 0 Å². The van der Waals surface area contributed by atoms with Crippen LogP contribution in [0.15, 0.2) is 6.07 Å². The zero-order valence-corrected chi connectivity index (χ0v) is 9.80. The Balaban J connectivity index is 2.76. The third-order valence-corrected chi connectivity index (χ3v) is 2.10. The van der Waals surface area contributed by atoms with E-state index in [1.807, 2.05) is 6.92 Å². The van der Waals surface area contributed by atoms with Crippen molar-refractivity contribution in [3.05, 3.63) is 11.9 Å². The number of hydrogen-bond donors (Lipinski definition) is 3. The summed E-state index contributed by atoms with van der Waals surface area (Å²) in [5.41, 5.74) is 0. The molecular weight excluding hydrogens is 230 g/mol. The Morgan fingerprint density at radius 1 is 1.35 bits per heavy atom. The fraction of sp³-hybridized carbons (Fsp3) is 0.600. The highest BCUT2D eigenvalue weighted by Gasteiger charge is 2.27. The number of aliphatic hydroxyl groups is 1. The van der Waals surface area contributed by atoms with Crippen molar-refractivity contribution < 1.29 is 13.9 Å². The number of halogens is 2. The standard InChI is InChI=1S/C10H16F2N4O/c1-3-7-15-8(13-2)4-9(16-7)14-5-10(11,12)6-17/h4,17H,3,5-6H2,1-2H3,(H2,13,14,15,16). The molecular formula is C10H16F2N4O. The van der Waals surface area contributed by atoms with Gasteiger partial charge in [0.05, 0.1) is 6.54 Å². The number of anilines is 2. The first kappa shape index (κ1) is 13.6. The SMILES string of the molecule is CCc1nc(NC)cc(NCC(F)(F)CO)n1. The number of hydrogen-bond acceptors (Lipinski definition) is 5. The molecule has 5 nitrogen and oxygen atoms in total. The van der Waals surface area contributed by atoms with Crippen LogP contribution in [0.3, 0.4) is 0 Å². The maximum absolute atomic E-state index is 12.8. The molecule has 0 spiro atoms. The molecule has 0 saturated carbocycles. The molecule has 0 unspecified atom stereocenters. The van der Waals surface area contributed by atoms with Gasteiger partial charge in [0, 0.05) is 19.5 Å². The Morgan fingerprint density at radius 2 is 2.00 bits per heavy atom. The normalized spacial score (nSPS) is 11.4. The van der Waals surface area contributed by atoms with E-state index in [4.69, 9.17) is 5.11 Å². The van der Waals surface area contributed by atoms with Crippen LogP contribution in [0.25, 0.3) is 0 Å². The second-order valence-corrected chi connectivity index (χ2v) is 3.53. The Kier molecular flexibility index (Phi) is 4.56. The Bertz CT molecular complexity index is 351. The summed E-state index contributed by atoms with van der Waals surface area (Å²) < 4.78 is 25.7. The molecule has 17 heavy (non-hydrogen) atoms. The zero-order valence-electron chi connectivity index (χ0n) is 9.80. The fourth-order valence-corrected chi connectivity index (χ4v) is 1.15. The van der Waals surface area contributed by atoms with Crippen molar-refractivity contribution in [3.8, 4) is 0 Å². The van der Waals surface area contributed by atoms with Crippen molar-refractivity contribution >= 4 is 11.6 Å². The molecule has 1 heterocycles. The fourth-order valence-electron chi connectivity index (χ4n) is 1.15. The van der Waals surface area contributed by atoms with Gasteiger partial charge in [-0.25, -0.2) is 18.7 Å². The van der Waals surface area contributed by atoms with E-state index in [1.54, 1.807) is 7.05 Å². The first-order valence-electron chi connectivity index (χ1n) is 5.29. The lowest BCUT2D eigenvalue weighted by molar-refractivity contribution is -0.0373. The van der Waals surface area contributed by atoms with Crippen LogP contribution in [0.1, 0.15) is 12.7 Å². The molecule has 0 aliphatic carbocycles. The van der Waals surface area contributed by atoms with Crippen LogP contribution in [0.4, 0.5) is 20.4 Å². The average Bonchev–Trinajstić information content (AvgIpc) is 2.36. The van der Waals surface area contributed by atoms with E-state index < -0.39 is 19.1 Å². The number of aliphatic hydroxyl groups excluding tert-OH is 1. The lowest BCUT2D eigenvalue weighted by Crippen LogP contribution is -2.31. The van der Waals surface area contributed by atoms with E-state index in [0.717, 1.165) is 0 Å². The minimum absolute atomic E-state index is 0.314. The Hall–Kier alpha value is -1.50. The minimum atomic E-state index is -3.16. The van der Waals surface area contributed by atoms with Crippen molar-refractivity contribution in [3.63, 3.8) is 0 Å². The second-order valence-electron chi connectivity index (χ2n) is 3.53. The summed E-state index contributed by atoms with van der Waals surface area (Å²) in [4.78, 5) is 8.20. The van der Waals surface area contributed by atoms with Gasteiger partial charge in [-0.15, -0.1) is 0 Å². The van der Waals surface area contributed by atoms with Crippen molar-refractivity contribution in [2.45, 2.75) is 19.3 Å². The van der Waals surface area contributed by atoms with Crippen LogP contribution in [0.2, 0.25) is 0 Å². The van der Waals surface area contributed by atoms with Crippen LogP contribution in [0, 0.1) is 0 Å². The van der Waals surface area contributed by atoms with Gasteiger partial charge >= 0.3 is 0 Å². The monoisotopic (exact) mass is 246 g/mol. The van der Waals surface area contributed by atoms with Gasteiger partial charge in [-0.3, -0.25) is 0 Å². The first-order chi connectivity index (χ1) is 8.00. The number of aromatic nitrogens is 2. The largest absolute Gasteiger partial charge is 0.390 e. The Morgan fingerprint density at radius 3 is 2.53 bits per heavy atom. The summed E-state index contributed by atoms with van der Waals surface area (Å²) >= 11 is 0. The summed E-state index contributed by atoms with van der Waals surface area (Å²) in [7, 11) is 1.69. The van der Waals surface area contributed by atoms with Gasteiger partial charge in [0.15, 0.2) is 0 Å². The zero-order chi connectivity index (χ0) is 12.9. The van der Waals surface area contributed by atoms with Crippen LogP contribution in [0.5, 0.6) is 0 Å². The van der Waals surface area contributed by atoms with E-state index in [0.29, 0.717) is 23.9 Å². The molecule has 0 saturated heterocycles. The van der Waals surface area contributed by atoms with Gasteiger partial charge in [0.2, 0.25) is 0 Å². The molecule has 0 atom stereocenters. The van der Waals surface area contributed by atoms with E-state index >= 15 is 0 Å². The predicted molar refractivity (Wildman–Crippen MR) is 61.5 cm³/mol. The number of nitrogens with zero attached hydrogens (tertiary/aromatic N) is 2. The molecule has 1 aromatic rings. The molecule has 1 aromatic heterocycles. The van der Waals surface area contributed by atoms with E-state index in [1.165, 1.54) is 6.07 Å². The predicted octanol–water partition coefficient (Wildman–Crippen LogP) is 1.12. The molecule has 0 radical (unpaired) electrons. The molecule has 1 rings (SSSR count). The van der Waals surface area contributed by atoms with Crippen LogP contribution >= 0.6 is 0 Å². The second kappa shape index (κ2) is 5.72. The lowest BCUT2D eigenvalue weighted by atomic mass is 10.3. The summed E-state index contributed by atoms with van der Waals surface area (Å²) in [5, 5.41) is 13.7. The summed E-state index contributed by atoms with van der Waals surface area (Å²) in [6, 6.07) is 1.53. The molecule has 0 amide bonds. The molecule has 0 aliphatic rings. The van der Waals surface area contributed by atoms with Gasteiger partial charge < -0.3 is 15.7 Å². The number of rotatable bonds is 6. The molecule has 96 valence electrons. The number of aryl methyl sites for hydroxylation is 1. The van der Waals surface area contributed by atoms with Gasteiger partial charge in [-0.05, 0) is 0 Å². The van der Waals surface area contributed by atoms with Gasteiger partial charge in [0.1, 0.15) is 24.1 Å². The van der Waals surface area contributed by atoms with Crippen LogP contribution < -0.4 is 10.6 Å². The highest BCUT2D eigenvalue weighted by Crippen LogP contribution is 2.15. The summed E-state index contributed by atoms with van der Waals surface area (Å²) in [6.07, 6.45) is 0.612. The van der Waals surface area contributed by atoms with Gasteiger partial charge in [0.25, 0.3) is 5.92 Å². The molecule has 3 N–H and O–H groups in total. The Labute approximate surface area is 98.3 Å². The smallest absolute Gasteiger partial charge is 0.287 e. The maximum atomic E-state index is 12.8.